The lowest BCUT2D eigenvalue weighted by atomic mass is 9.96. The van der Waals surface area contributed by atoms with Crippen molar-refractivity contribution >= 4 is 34.8 Å². The van der Waals surface area contributed by atoms with Gasteiger partial charge in [-0.2, -0.15) is 13.2 Å². The lowest BCUT2D eigenvalue weighted by Gasteiger charge is -2.27. The predicted octanol–water partition coefficient (Wildman–Crippen LogP) is 4.70. The van der Waals surface area contributed by atoms with E-state index < -0.39 is 29.1 Å². The number of nitrogens with zero attached hydrogens (tertiary/aromatic N) is 1. The van der Waals surface area contributed by atoms with Gasteiger partial charge in [-0.25, -0.2) is 4.98 Å². The molecule has 36 heavy (non-hydrogen) atoms. The predicted molar refractivity (Wildman–Crippen MR) is 128 cm³/mol. The van der Waals surface area contributed by atoms with Gasteiger partial charge in [0.2, 0.25) is 5.91 Å². The number of rotatable bonds is 7. The third-order valence-corrected chi connectivity index (χ3v) is 5.92. The summed E-state index contributed by atoms with van der Waals surface area (Å²) in [6.45, 7) is 0.479. The van der Waals surface area contributed by atoms with Gasteiger partial charge in [0, 0.05) is 37.0 Å². The molecule has 1 fully saturated rings. The number of hydrogen-bond acceptors (Lipinski definition) is 5. The Kier molecular flexibility index (Phi) is 7.46. The number of nitrogens with one attached hydrogen (secondary N) is 3. The molecule has 1 aromatic heterocycles. The lowest BCUT2D eigenvalue weighted by molar-refractivity contribution is -0.137. The molecule has 3 aromatic rings. The molecule has 7 nitrogen and oxygen atoms in total. The van der Waals surface area contributed by atoms with Crippen molar-refractivity contribution in [2.75, 3.05) is 18.5 Å². The van der Waals surface area contributed by atoms with Crippen LogP contribution in [0.5, 0.6) is 0 Å². The standard InChI is InChI=1S/C25H22ClF3N4O3/c26-21-13-17(9-11-30-21)22(34)33-24(10-12-36-15-24)23(35)31-14-16-5-7-18(8-6-16)32-20-4-2-1-3-19(20)25(27,28)29/h1-9,11,13,32H,10,12,14-15H2,(H,31,35)(H,33,34)/t24-/m0/s1. The second-order valence-electron chi connectivity index (χ2n) is 8.25. The molecule has 0 spiro atoms. The maximum Gasteiger partial charge on any atom is 0.418 e. The molecule has 0 saturated carbocycles. The summed E-state index contributed by atoms with van der Waals surface area (Å²) in [4.78, 5) is 29.6. The van der Waals surface area contributed by atoms with E-state index in [2.05, 4.69) is 20.9 Å². The fraction of sp³-hybridized carbons (Fsp3) is 0.240. The zero-order chi connectivity index (χ0) is 25.8. The minimum atomic E-state index is -4.48. The van der Waals surface area contributed by atoms with Crippen LogP contribution in [-0.2, 0) is 22.3 Å². The number of hydrogen-bond donors (Lipinski definition) is 3. The maximum atomic E-state index is 13.2. The molecular weight excluding hydrogens is 497 g/mol. The molecule has 0 unspecified atom stereocenters. The number of carbonyl (C=O) groups is 2. The van der Waals surface area contributed by atoms with E-state index in [1.54, 1.807) is 24.3 Å². The number of alkyl halides is 3. The van der Waals surface area contributed by atoms with Crippen LogP contribution in [0.2, 0.25) is 5.15 Å². The SMILES string of the molecule is O=C(N[C@@]1(C(=O)NCc2ccc(Nc3ccccc3C(F)(F)F)cc2)CCOC1)c1ccnc(Cl)c1. The summed E-state index contributed by atoms with van der Waals surface area (Å²) in [6, 6.07) is 14.7. The van der Waals surface area contributed by atoms with Crippen molar-refractivity contribution in [1.82, 2.24) is 15.6 Å². The van der Waals surface area contributed by atoms with E-state index in [9.17, 15) is 22.8 Å². The van der Waals surface area contributed by atoms with Gasteiger partial charge in [0.25, 0.3) is 5.91 Å². The Morgan fingerprint density at radius 2 is 1.83 bits per heavy atom. The highest BCUT2D eigenvalue weighted by molar-refractivity contribution is 6.29. The van der Waals surface area contributed by atoms with E-state index in [-0.39, 0.29) is 29.6 Å². The van der Waals surface area contributed by atoms with Crippen LogP contribution in [0.1, 0.15) is 27.9 Å². The number of ether oxygens (including phenoxy) is 1. The van der Waals surface area contributed by atoms with Crippen molar-refractivity contribution in [3.63, 3.8) is 0 Å². The van der Waals surface area contributed by atoms with Gasteiger partial charge in [0.05, 0.1) is 17.9 Å². The van der Waals surface area contributed by atoms with Crippen LogP contribution in [0.4, 0.5) is 24.5 Å². The number of benzene rings is 2. The summed E-state index contributed by atoms with van der Waals surface area (Å²) in [5.41, 5.74) is -0.605. The smallest absolute Gasteiger partial charge is 0.378 e. The van der Waals surface area contributed by atoms with Gasteiger partial charge in [-0.05, 0) is 42.0 Å². The van der Waals surface area contributed by atoms with Gasteiger partial charge in [-0.15, -0.1) is 0 Å². The average Bonchev–Trinajstić information content (AvgIpc) is 3.33. The molecule has 3 N–H and O–H groups in total. The second-order valence-corrected chi connectivity index (χ2v) is 8.64. The summed E-state index contributed by atoms with van der Waals surface area (Å²) in [5.74, 6) is -0.885. The molecular formula is C25H22ClF3N4O3. The van der Waals surface area contributed by atoms with E-state index in [1.165, 1.54) is 36.5 Å². The summed E-state index contributed by atoms with van der Waals surface area (Å²) in [7, 11) is 0. The fourth-order valence-corrected chi connectivity index (χ4v) is 3.96. The van der Waals surface area contributed by atoms with Crippen LogP contribution >= 0.6 is 11.6 Å². The van der Waals surface area contributed by atoms with Crippen LogP contribution in [-0.4, -0.2) is 35.6 Å². The van der Waals surface area contributed by atoms with Gasteiger partial charge in [-0.1, -0.05) is 35.9 Å². The number of para-hydroxylation sites is 1. The largest absolute Gasteiger partial charge is 0.418 e. The topological polar surface area (TPSA) is 92.4 Å². The van der Waals surface area contributed by atoms with Crippen LogP contribution in [0.25, 0.3) is 0 Å². The van der Waals surface area contributed by atoms with E-state index in [1.807, 2.05) is 0 Å². The Morgan fingerprint density at radius 3 is 2.50 bits per heavy atom. The Labute approximate surface area is 210 Å². The first-order valence-corrected chi connectivity index (χ1v) is 11.4. The second kappa shape index (κ2) is 10.5. The normalized spacial score (nSPS) is 17.4. The maximum absolute atomic E-state index is 13.2. The quantitative estimate of drug-likeness (QED) is 0.394. The van der Waals surface area contributed by atoms with Crippen molar-refractivity contribution in [2.24, 2.45) is 0 Å². The molecule has 0 aliphatic carbocycles. The number of halogens is 4. The number of pyridine rings is 1. The van der Waals surface area contributed by atoms with E-state index in [0.717, 1.165) is 11.6 Å². The fourth-order valence-electron chi connectivity index (χ4n) is 3.78. The van der Waals surface area contributed by atoms with Crippen molar-refractivity contribution < 1.29 is 27.5 Å². The van der Waals surface area contributed by atoms with Crippen molar-refractivity contribution in [2.45, 2.75) is 24.7 Å². The zero-order valence-corrected chi connectivity index (χ0v) is 19.6. The highest BCUT2D eigenvalue weighted by Crippen LogP contribution is 2.35. The van der Waals surface area contributed by atoms with Crippen molar-refractivity contribution in [3.05, 3.63) is 88.7 Å². The Hall–Kier alpha value is -3.63. The van der Waals surface area contributed by atoms with Crippen molar-refractivity contribution in [1.29, 1.82) is 0 Å². The minimum Gasteiger partial charge on any atom is -0.378 e. The summed E-state index contributed by atoms with van der Waals surface area (Å²) in [5, 5.41) is 8.50. The van der Waals surface area contributed by atoms with Crippen LogP contribution in [0.15, 0.2) is 66.9 Å². The average molecular weight is 519 g/mol. The molecule has 0 radical (unpaired) electrons. The molecule has 2 amide bonds. The van der Waals surface area contributed by atoms with E-state index in [0.29, 0.717) is 18.7 Å². The Morgan fingerprint density at radius 1 is 1.08 bits per heavy atom. The van der Waals surface area contributed by atoms with Gasteiger partial charge < -0.3 is 20.7 Å². The Balaban J connectivity index is 1.39. The van der Waals surface area contributed by atoms with Gasteiger partial charge >= 0.3 is 6.18 Å². The third-order valence-electron chi connectivity index (χ3n) is 5.72. The Bertz CT molecular complexity index is 1250. The first kappa shape index (κ1) is 25.5. The molecule has 2 heterocycles. The molecule has 4 rings (SSSR count). The molecule has 188 valence electrons. The summed E-state index contributed by atoms with van der Waals surface area (Å²) >= 11 is 5.85. The lowest BCUT2D eigenvalue weighted by Crippen LogP contribution is -2.59. The molecule has 1 atom stereocenters. The van der Waals surface area contributed by atoms with E-state index in [4.69, 9.17) is 16.3 Å². The molecule has 1 aliphatic rings. The first-order chi connectivity index (χ1) is 17.2. The molecule has 0 bridgehead atoms. The first-order valence-electron chi connectivity index (χ1n) is 11.0. The van der Waals surface area contributed by atoms with Crippen LogP contribution < -0.4 is 16.0 Å². The highest BCUT2D eigenvalue weighted by atomic mass is 35.5. The molecule has 1 saturated heterocycles. The third kappa shape index (κ3) is 5.95. The number of amides is 2. The number of anilines is 2. The van der Waals surface area contributed by atoms with Gasteiger partial charge in [0.15, 0.2) is 0 Å². The monoisotopic (exact) mass is 518 g/mol. The van der Waals surface area contributed by atoms with Gasteiger partial charge in [-0.3, -0.25) is 9.59 Å². The molecule has 11 heteroatoms. The molecule has 1 aliphatic heterocycles. The van der Waals surface area contributed by atoms with Gasteiger partial charge in [0.1, 0.15) is 10.7 Å². The van der Waals surface area contributed by atoms with E-state index >= 15 is 0 Å². The molecule has 2 aromatic carbocycles. The zero-order valence-electron chi connectivity index (χ0n) is 18.9. The number of carbonyl (C=O) groups excluding carboxylic acids is 2. The summed E-state index contributed by atoms with van der Waals surface area (Å²) < 4.78 is 45.1. The van der Waals surface area contributed by atoms with Crippen LogP contribution in [0, 0.1) is 0 Å². The minimum absolute atomic E-state index is 0.0187. The van der Waals surface area contributed by atoms with Crippen molar-refractivity contribution in [3.8, 4) is 0 Å². The van der Waals surface area contributed by atoms with Crippen LogP contribution in [0.3, 0.4) is 0 Å². The number of aromatic nitrogens is 1. The summed E-state index contributed by atoms with van der Waals surface area (Å²) in [6.07, 6.45) is -2.78. The highest BCUT2D eigenvalue weighted by Gasteiger charge is 2.43.